The summed E-state index contributed by atoms with van der Waals surface area (Å²) >= 11 is 1.38. The van der Waals surface area contributed by atoms with Crippen LogP contribution in [-0.2, 0) is 10.2 Å². The molecule has 1 fully saturated rings. The smallest absolute Gasteiger partial charge is 0.314 e. The molecule has 1 N–H and O–H groups in total. The molecule has 0 spiro atoms. The third-order valence-corrected chi connectivity index (χ3v) is 3.13. The van der Waals surface area contributed by atoms with Crippen molar-refractivity contribution >= 4 is 17.5 Å². The van der Waals surface area contributed by atoms with Crippen molar-refractivity contribution in [2.45, 2.75) is 25.2 Å². The van der Waals surface area contributed by atoms with Crippen LogP contribution in [0.1, 0.15) is 23.3 Å². The molecule has 1 saturated carbocycles. The van der Waals surface area contributed by atoms with Crippen molar-refractivity contribution in [3.8, 4) is 0 Å². The van der Waals surface area contributed by atoms with Crippen molar-refractivity contribution in [1.29, 1.82) is 0 Å². The van der Waals surface area contributed by atoms with Gasteiger partial charge in [0.05, 0.1) is 5.41 Å². The molecular weight excluding hydrogens is 174 g/mol. The molecule has 0 saturated heterocycles. The molecule has 0 atom stereocenters. The maximum atomic E-state index is 10.9. The maximum Gasteiger partial charge on any atom is 0.314 e. The summed E-state index contributed by atoms with van der Waals surface area (Å²) in [5.74, 6) is -0.703. The summed E-state index contributed by atoms with van der Waals surface area (Å²) in [4.78, 5) is 11.9. The van der Waals surface area contributed by atoms with E-state index < -0.39 is 11.4 Å². The Kier molecular flexibility index (Phi) is 1.48. The minimum atomic E-state index is -0.703. The fourth-order valence-electron chi connectivity index (χ4n) is 1.48. The third-order valence-electron chi connectivity index (χ3n) is 2.43. The lowest BCUT2D eigenvalue weighted by Crippen LogP contribution is -2.19. The molecule has 0 unspecified atom stereocenters. The van der Waals surface area contributed by atoms with Gasteiger partial charge in [-0.3, -0.25) is 4.79 Å². The molecule has 3 nitrogen and oxygen atoms in total. The van der Waals surface area contributed by atoms with Crippen LogP contribution in [0.4, 0.5) is 0 Å². The van der Waals surface area contributed by atoms with Crippen LogP contribution in [0, 0.1) is 6.92 Å². The number of aryl methyl sites for hydroxylation is 1. The molecule has 0 amide bonds. The second-order valence-electron chi connectivity index (χ2n) is 3.18. The summed E-state index contributed by atoms with van der Waals surface area (Å²) in [5, 5.41) is 8.98. The minimum Gasteiger partial charge on any atom is -0.481 e. The SMILES string of the molecule is Cc1sncc1C1(C(=O)O)CC1. The molecule has 0 aliphatic heterocycles. The van der Waals surface area contributed by atoms with E-state index in [4.69, 9.17) is 5.11 Å². The fraction of sp³-hybridized carbons (Fsp3) is 0.500. The van der Waals surface area contributed by atoms with Gasteiger partial charge in [-0.25, -0.2) is 4.37 Å². The van der Waals surface area contributed by atoms with E-state index in [-0.39, 0.29) is 0 Å². The zero-order valence-corrected chi connectivity index (χ0v) is 7.52. The molecule has 64 valence electrons. The first-order chi connectivity index (χ1) is 5.67. The molecule has 0 radical (unpaired) electrons. The number of aromatic nitrogens is 1. The molecule has 1 aliphatic carbocycles. The molecule has 12 heavy (non-hydrogen) atoms. The van der Waals surface area contributed by atoms with Crippen LogP contribution in [0.3, 0.4) is 0 Å². The van der Waals surface area contributed by atoms with E-state index in [0.29, 0.717) is 0 Å². The van der Waals surface area contributed by atoms with Crippen molar-refractivity contribution in [2.75, 3.05) is 0 Å². The quantitative estimate of drug-likeness (QED) is 0.757. The standard InChI is InChI=1S/C8H9NO2S/c1-5-6(4-9-12-5)8(2-3-8)7(10)11/h4H,2-3H2,1H3,(H,10,11). The highest BCUT2D eigenvalue weighted by atomic mass is 32.1. The Morgan fingerprint density at radius 2 is 2.42 bits per heavy atom. The highest BCUT2D eigenvalue weighted by Crippen LogP contribution is 2.49. The van der Waals surface area contributed by atoms with E-state index in [1.807, 2.05) is 6.92 Å². The summed E-state index contributed by atoms with van der Waals surface area (Å²) < 4.78 is 3.99. The van der Waals surface area contributed by atoms with Crippen LogP contribution >= 0.6 is 11.5 Å². The molecule has 1 aromatic heterocycles. The summed E-state index contributed by atoms with van der Waals surface area (Å²) in [5.41, 5.74) is 0.344. The van der Waals surface area contributed by atoms with E-state index in [9.17, 15) is 4.79 Å². The second-order valence-corrected chi connectivity index (χ2v) is 4.19. The fourth-order valence-corrected chi connectivity index (χ4v) is 2.14. The number of aliphatic carboxylic acids is 1. The van der Waals surface area contributed by atoms with Crippen molar-refractivity contribution < 1.29 is 9.90 Å². The Morgan fingerprint density at radius 3 is 2.75 bits per heavy atom. The zero-order chi connectivity index (χ0) is 8.77. The summed E-state index contributed by atoms with van der Waals surface area (Å²) in [6.45, 7) is 1.93. The van der Waals surface area contributed by atoms with Crippen molar-refractivity contribution in [3.05, 3.63) is 16.6 Å². The van der Waals surface area contributed by atoms with Gasteiger partial charge in [0.25, 0.3) is 0 Å². The lowest BCUT2D eigenvalue weighted by Gasteiger charge is -2.06. The number of rotatable bonds is 2. The van der Waals surface area contributed by atoms with Crippen LogP contribution in [0.5, 0.6) is 0 Å². The molecule has 1 heterocycles. The molecule has 1 aromatic rings. The van der Waals surface area contributed by atoms with Gasteiger partial charge in [0.15, 0.2) is 0 Å². The number of carbonyl (C=O) groups is 1. The Labute approximate surface area is 74.2 Å². The second kappa shape index (κ2) is 2.29. The predicted molar refractivity (Wildman–Crippen MR) is 45.4 cm³/mol. The monoisotopic (exact) mass is 183 g/mol. The van der Waals surface area contributed by atoms with Gasteiger partial charge in [0.2, 0.25) is 0 Å². The molecule has 2 rings (SSSR count). The van der Waals surface area contributed by atoms with E-state index in [0.717, 1.165) is 23.3 Å². The Bertz CT molecular complexity index is 328. The summed E-state index contributed by atoms with van der Waals surface area (Å²) in [6, 6.07) is 0. The molecule has 0 bridgehead atoms. The van der Waals surface area contributed by atoms with Crippen LogP contribution in [0.2, 0.25) is 0 Å². The number of carboxylic acid groups (broad SMARTS) is 1. The minimum absolute atomic E-state index is 0.572. The lowest BCUT2D eigenvalue weighted by molar-refractivity contribution is -0.140. The first-order valence-electron chi connectivity index (χ1n) is 3.82. The Morgan fingerprint density at radius 1 is 1.75 bits per heavy atom. The average molecular weight is 183 g/mol. The first-order valence-corrected chi connectivity index (χ1v) is 4.59. The van der Waals surface area contributed by atoms with Crippen molar-refractivity contribution in [2.24, 2.45) is 0 Å². The molecular formula is C8H9NO2S. The highest BCUT2D eigenvalue weighted by Gasteiger charge is 2.53. The molecule has 4 heteroatoms. The van der Waals surface area contributed by atoms with Gasteiger partial charge in [0, 0.05) is 16.6 Å². The van der Waals surface area contributed by atoms with Gasteiger partial charge in [-0.05, 0) is 31.3 Å². The number of nitrogens with zero attached hydrogens (tertiary/aromatic N) is 1. The highest BCUT2D eigenvalue weighted by molar-refractivity contribution is 7.05. The zero-order valence-electron chi connectivity index (χ0n) is 6.70. The summed E-state index contributed by atoms with van der Waals surface area (Å²) in [7, 11) is 0. The van der Waals surface area contributed by atoms with Gasteiger partial charge in [0.1, 0.15) is 0 Å². The topological polar surface area (TPSA) is 50.2 Å². The maximum absolute atomic E-state index is 10.9. The molecule has 1 aliphatic rings. The van der Waals surface area contributed by atoms with E-state index in [2.05, 4.69) is 4.37 Å². The van der Waals surface area contributed by atoms with Crippen LogP contribution in [-0.4, -0.2) is 15.4 Å². The van der Waals surface area contributed by atoms with Gasteiger partial charge < -0.3 is 5.11 Å². The van der Waals surface area contributed by atoms with E-state index in [1.165, 1.54) is 11.5 Å². The van der Waals surface area contributed by atoms with Crippen LogP contribution in [0.15, 0.2) is 6.20 Å². The lowest BCUT2D eigenvalue weighted by atomic mass is 9.98. The van der Waals surface area contributed by atoms with Crippen molar-refractivity contribution in [3.63, 3.8) is 0 Å². The first kappa shape index (κ1) is 7.73. The Hall–Kier alpha value is -0.900. The van der Waals surface area contributed by atoms with Crippen LogP contribution in [0.25, 0.3) is 0 Å². The predicted octanol–water partition coefficient (Wildman–Crippen LogP) is 1.57. The third kappa shape index (κ3) is 0.876. The Balaban J connectivity index is 2.43. The number of carboxylic acids is 1. The van der Waals surface area contributed by atoms with Gasteiger partial charge in [-0.15, -0.1) is 0 Å². The average Bonchev–Trinajstić information content (AvgIpc) is 2.71. The number of hydrogen-bond acceptors (Lipinski definition) is 3. The van der Waals surface area contributed by atoms with E-state index in [1.54, 1.807) is 6.20 Å². The normalized spacial score (nSPS) is 19.1. The summed E-state index contributed by atoms with van der Waals surface area (Å²) in [6.07, 6.45) is 3.23. The number of hydrogen-bond donors (Lipinski definition) is 1. The van der Waals surface area contributed by atoms with Gasteiger partial charge in [-0.2, -0.15) is 0 Å². The van der Waals surface area contributed by atoms with E-state index >= 15 is 0 Å². The van der Waals surface area contributed by atoms with Crippen LogP contribution < -0.4 is 0 Å². The van der Waals surface area contributed by atoms with Crippen molar-refractivity contribution in [1.82, 2.24) is 4.37 Å². The molecule has 0 aromatic carbocycles. The largest absolute Gasteiger partial charge is 0.481 e. The van der Waals surface area contributed by atoms with Gasteiger partial charge >= 0.3 is 5.97 Å². The van der Waals surface area contributed by atoms with Gasteiger partial charge in [-0.1, -0.05) is 0 Å².